The monoisotopic (exact) mass is 459 g/mol. The van der Waals surface area contributed by atoms with Crippen molar-refractivity contribution in [2.45, 2.75) is 31.1 Å². The number of aromatic nitrogens is 3. The van der Waals surface area contributed by atoms with Gasteiger partial charge in [-0.15, -0.1) is 10.2 Å². The van der Waals surface area contributed by atoms with Crippen molar-refractivity contribution in [2.75, 3.05) is 25.2 Å². The minimum Gasteiger partial charge on any atom is -0.325 e. The van der Waals surface area contributed by atoms with E-state index >= 15 is 0 Å². The standard InChI is InChI=1S/C26H29N5OS/c1-4-23(30(2)3)25-28-29-26(31(25)17-19-10-6-5-7-11-19)33-18-24(32)27-22-15-14-20-12-8-9-13-21(20)16-22/h5-16,23H,4,17-18H2,1-3H3,(H,27,32). The van der Waals surface area contributed by atoms with Crippen LogP contribution in [0.5, 0.6) is 0 Å². The van der Waals surface area contributed by atoms with Crippen LogP contribution in [-0.4, -0.2) is 45.4 Å². The Bertz CT molecular complexity index is 1220. The molecule has 3 aromatic carbocycles. The first-order valence-electron chi connectivity index (χ1n) is 11.1. The number of carbonyl (C=O) groups excluding carboxylic acids is 1. The topological polar surface area (TPSA) is 63.1 Å². The lowest BCUT2D eigenvalue weighted by Gasteiger charge is -2.23. The quantitative estimate of drug-likeness (QED) is 0.348. The lowest BCUT2D eigenvalue weighted by molar-refractivity contribution is -0.113. The number of rotatable bonds is 9. The van der Waals surface area contributed by atoms with Crippen LogP contribution in [0.1, 0.15) is 30.8 Å². The molecule has 0 aliphatic carbocycles. The third-order valence-electron chi connectivity index (χ3n) is 5.60. The zero-order valence-corrected chi connectivity index (χ0v) is 20.0. The lowest BCUT2D eigenvalue weighted by Crippen LogP contribution is -2.23. The molecule has 1 heterocycles. The number of amides is 1. The van der Waals surface area contributed by atoms with Gasteiger partial charge in [0.25, 0.3) is 0 Å². The van der Waals surface area contributed by atoms with E-state index in [4.69, 9.17) is 0 Å². The van der Waals surface area contributed by atoms with E-state index in [1.54, 1.807) is 0 Å². The second kappa shape index (κ2) is 10.6. The van der Waals surface area contributed by atoms with Crippen LogP contribution in [0.2, 0.25) is 0 Å². The maximum atomic E-state index is 12.7. The number of hydrogen-bond donors (Lipinski definition) is 1. The molecule has 0 radical (unpaired) electrons. The smallest absolute Gasteiger partial charge is 0.234 e. The van der Waals surface area contributed by atoms with Gasteiger partial charge in [0.2, 0.25) is 5.91 Å². The average molecular weight is 460 g/mol. The van der Waals surface area contributed by atoms with Gasteiger partial charge >= 0.3 is 0 Å². The second-order valence-corrected chi connectivity index (χ2v) is 9.14. The Labute approximate surface area is 199 Å². The molecule has 1 aromatic heterocycles. The first kappa shape index (κ1) is 23.0. The van der Waals surface area contributed by atoms with Crippen molar-refractivity contribution in [2.24, 2.45) is 0 Å². The molecular formula is C26H29N5OS. The van der Waals surface area contributed by atoms with Gasteiger partial charge in [0, 0.05) is 5.69 Å². The molecule has 33 heavy (non-hydrogen) atoms. The summed E-state index contributed by atoms with van der Waals surface area (Å²) in [7, 11) is 4.11. The van der Waals surface area contributed by atoms with Crippen LogP contribution in [0.4, 0.5) is 5.69 Å². The Morgan fingerprint density at radius 2 is 1.73 bits per heavy atom. The second-order valence-electron chi connectivity index (χ2n) is 8.20. The van der Waals surface area contributed by atoms with Gasteiger partial charge in [-0.05, 0) is 49.0 Å². The van der Waals surface area contributed by atoms with Gasteiger partial charge in [0.1, 0.15) is 0 Å². The number of nitrogens with zero attached hydrogens (tertiary/aromatic N) is 4. The Morgan fingerprint density at radius 1 is 1.00 bits per heavy atom. The van der Waals surface area contributed by atoms with Crippen LogP contribution in [-0.2, 0) is 11.3 Å². The molecule has 0 saturated heterocycles. The molecule has 1 N–H and O–H groups in total. The summed E-state index contributed by atoms with van der Waals surface area (Å²) in [5, 5.41) is 15.0. The first-order chi connectivity index (χ1) is 16.0. The highest BCUT2D eigenvalue weighted by molar-refractivity contribution is 7.99. The molecule has 7 heteroatoms. The summed E-state index contributed by atoms with van der Waals surface area (Å²) in [5.41, 5.74) is 1.97. The minimum atomic E-state index is -0.0641. The first-order valence-corrected chi connectivity index (χ1v) is 12.1. The number of fused-ring (bicyclic) bond motifs is 1. The molecule has 0 saturated carbocycles. The van der Waals surface area contributed by atoms with Crippen molar-refractivity contribution in [1.29, 1.82) is 0 Å². The van der Waals surface area contributed by atoms with Gasteiger partial charge in [-0.3, -0.25) is 9.69 Å². The fraction of sp³-hybridized carbons (Fsp3) is 0.269. The average Bonchev–Trinajstić information content (AvgIpc) is 3.20. The van der Waals surface area contributed by atoms with Crippen molar-refractivity contribution < 1.29 is 4.79 Å². The van der Waals surface area contributed by atoms with E-state index in [0.29, 0.717) is 6.54 Å². The maximum absolute atomic E-state index is 12.7. The Morgan fingerprint density at radius 3 is 2.45 bits per heavy atom. The van der Waals surface area contributed by atoms with Crippen molar-refractivity contribution >= 4 is 34.1 Å². The zero-order valence-electron chi connectivity index (χ0n) is 19.2. The molecule has 6 nitrogen and oxygen atoms in total. The van der Waals surface area contributed by atoms with Crippen molar-refractivity contribution in [1.82, 2.24) is 19.7 Å². The third-order valence-corrected chi connectivity index (χ3v) is 6.57. The van der Waals surface area contributed by atoms with Crippen molar-refractivity contribution in [3.63, 3.8) is 0 Å². The number of hydrogen-bond acceptors (Lipinski definition) is 5. The van der Waals surface area contributed by atoms with E-state index in [-0.39, 0.29) is 17.7 Å². The third kappa shape index (κ3) is 5.61. The number of carbonyl (C=O) groups is 1. The van der Waals surface area contributed by atoms with Gasteiger partial charge < -0.3 is 9.88 Å². The highest BCUT2D eigenvalue weighted by Gasteiger charge is 2.22. The van der Waals surface area contributed by atoms with Gasteiger partial charge in [-0.2, -0.15) is 0 Å². The van der Waals surface area contributed by atoms with Crippen LogP contribution in [0.15, 0.2) is 78.0 Å². The largest absolute Gasteiger partial charge is 0.325 e. The summed E-state index contributed by atoms with van der Waals surface area (Å²) in [6.45, 7) is 2.82. The summed E-state index contributed by atoms with van der Waals surface area (Å²) in [4.78, 5) is 14.9. The predicted octanol–water partition coefficient (Wildman–Crippen LogP) is 5.22. The van der Waals surface area contributed by atoms with Gasteiger partial charge in [-0.25, -0.2) is 0 Å². The fourth-order valence-electron chi connectivity index (χ4n) is 3.94. The summed E-state index contributed by atoms with van der Waals surface area (Å²) in [6.07, 6.45) is 0.924. The summed E-state index contributed by atoms with van der Waals surface area (Å²) in [5.74, 6) is 1.12. The molecule has 1 amide bonds. The van der Waals surface area contributed by atoms with E-state index in [1.807, 2.05) is 54.6 Å². The van der Waals surface area contributed by atoms with E-state index < -0.39 is 0 Å². The summed E-state index contributed by atoms with van der Waals surface area (Å²) in [6, 6.07) is 24.5. The molecule has 170 valence electrons. The van der Waals surface area contributed by atoms with E-state index in [2.05, 4.69) is 64.2 Å². The molecule has 0 fully saturated rings. The summed E-state index contributed by atoms with van der Waals surface area (Å²) >= 11 is 1.42. The van der Waals surface area contributed by atoms with Crippen LogP contribution < -0.4 is 5.32 Å². The zero-order chi connectivity index (χ0) is 23.2. The highest BCUT2D eigenvalue weighted by Crippen LogP contribution is 2.26. The number of thioether (sulfide) groups is 1. The van der Waals surface area contributed by atoms with Gasteiger partial charge in [0.05, 0.1) is 18.3 Å². The summed E-state index contributed by atoms with van der Waals surface area (Å²) < 4.78 is 2.14. The Balaban J connectivity index is 1.50. The molecule has 0 spiro atoms. The molecule has 4 aromatic rings. The normalized spacial score (nSPS) is 12.2. The van der Waals surface area contributed by atoms with E-state index in [9.17, 15) is 4.79 Å². The fourth-order valence-corrected chi connectivity index (χ4v) is 4.69. The molecular weight excluding hydrogens is 430 g/mol. The highest BCUT2D eigenvalue weighted by atomic mass is 32.2. The predicted molar refractivity (Wildman–Crippen MR) is 136 cm³/mol. The number of anilines is 1. The van der Waals surface area contributed by atoms with Gasteiger partial charge in [-0.1, -0.05) is 79.3 Å². The van der Waals surface area contributed by atoms with E-state index in [0.717, 1.165) is 33.9 Å². The number of benzene rings is 3. The number of nitrogens with one attached hydrogen (secondary N) is 1. The van der Waals surface area contributed by atoms with E-state index in [1.165, 1.54) is 17.3 Å². The molecule has 1 unspecified atom stereocenters. The molecule has 0 aliphatic rings. The van der Waals surface area contributed by atoms with Crippen molar-refractivity contribution in [3.05, 3.63) is 84.2 Å². The maximum Gasteiger partial charge on any atom is 0.234 e. The minimum absolute atomic E-state index is 0.0641. The van der Waals surface area contributed by atoms with Crippen LogP contribution >= 0.6 is 11.8 Å². The Hall–Kier alpha value is -3.16. The lowest BCUT2D eigenvalue weighted by atomic mass is 10.1. The van der Waals surface area contributed by atoms with Crippen LogP contribution in [0.25, 0.3) is 10.8 Å². The van der Waals surface area contributed by atoms with Crippen LogP contribution in [0.3, 0.4) is 0 Å². The van der Waals surface area contributed by atoms with Crippen molar-refractivity contribution in [3.8, 4) is 0 Å². The Kier molecular flexibility index (Phi) is 7.42. The molecule has 1 atom stereocenters. The van der Waals surface area contributed by atoms with Gasteiger partial charge in [0.15, 0.2) is 11.0 Å². The molecule has 0 bridgehead atoms. The molecule has 4 rings (SSSR count). The van der Waals surface area contributed by atoms with Crippen LogP contribution in [0, 0.1) is 0 Å². The SMILES string of the molecule is CCC(c1nnc(SCC(=O)Nc2ccc3ccccc3c2)n1Cc1ccccc1)N(C)C. The molecule has 0 aliphatic heterocycles.